The minimum Gasteiger partial charge on any atom is -0.356 e. The summed E-state index contributed by atoms with van der Waals surface area (Å²) in [5.41, 5.74) is 2.88. The van der Waals surface area contributed by atoms with Crippen molar-refractivity contribution in [3.8, 4) is 0 Å². The molecule has 5 nitrogen and oxygen atoms in total. The molecule has 1 unspecified atom stereocenters. The molecule has 0 aromatic carbocycles. The molecule has 3 aromatic rings. The standard InChI is InChI=1S/C19H23N5S/c1-23-10-14(9-22-23)8-13-6-7-24(11-13)18-17-15-4-2-3-5-16(15)25-19(17)21-12-20-18/h9-10,12-13H,2-8,11H2,1H3. The Labute approximate surface area is 151 Å². The lowest BCUT2D eigenvalue weighted by Crippen LogP contribution is -2.22. The predicted molar refractivity (Wildman–Crippen MR) is 101 cm³/mol. The summed E-state index contributed by atoms with van der Waals surface area (Å²) in [5, 5.41) is 5.65. The van der Waals surface area contributed by atoms with Gasteiger partial charge in [0.1, 0.15) is 17.0 Å². The van der Waals surface area contributed by atoms with Crippen LogP contribution >= 0.6 is 11.3 Å². The van der Waals surface area contributed by atoms with Crippen LogP contribution in [0, 0.1) is 5.92 Å². The zero-order valence-electron chi connectivity index (χ0n) is 14.6. The third-order valence-corrected chi connectivity index (χ3v) is 6.80. The second-order valence-electron chi connectivity index (χ2n) is 7.42. The van der Waals surface area contributed by atoms with Gasteiger partial charge in [0, 0.05) is 31.2 Å². The lowest BCUT2D eigenvalue weighted by atomic mass is 9.97. The second-order valence-corrected chi connectivity index (χ2v) is 8.50. The van der Waals surface area contributed by atoms with Gasteiger partial charge in [0.05, 0.1) is 11.6 Å². The van der Waals surface area contributed by atoms with Gasteiger partial charge < -0.3 is 4.90 Å². The molecule has 1 fully saturated rings. The van der Waals surface area contributed by atoms with Crippen LogP contribution in [0.3, 0.4) is 0 Å². The molecule has 4 heterocycles. The molecule has 0 radical (unpaired) electrons. The van der Waals surface area contributed by atoms with E-state index in [0.717, 1.165) is 19.5 Å². The van der Waals surface area contributed by atoms with E-state index in [1.807, 2.05) is 29.3 Å². The van der Waals surface area contributed by atoms with E-state index in [-0.39, 0.29) is 0 Å². The van der Waals surface area contributed by atoms with Gasteiger partial charge in [-0.25, -0.2) is 9.97 Å². The Morgan fingerprint density at radius 1 is 1.24 bits per heavy atom. The fourth-order valence-corrected chi connectivity index (χ4v) is 5.64. The smallest absolute Gasteiger partial charge is 0.141 e. The van der Waals surface area contributed by atoms with Crippen LogP contribution in [0.4, 0.5) is 5.82 Å². The SMILES string of the molecule is Cn1cc(CC2CCN(c3ncnc4sc5c(c34)CCCC5)C2)cn1. The van der Waals surface area contributed by atoms with E-state index in [2.05, 4.69) is 21.2 Å². The first-order valence-electron chi connectivity index (χ1n) is 9.25. The van der Waals surface area contributed by atoms with Crippen LogP contribution in [0.2, 0.25) is 0 Å². The summed E-state index contributed by atoms with van der Waals surface area (Å²) < 4.78 is 1.90. The minimum atomic E-state index is 0.684. The van der Waals surface area contributed by atoms with E-state index in [0.29, 0.717) is 5.92 Å². The number of fused-ring (bicyclic) bond motifs is 3. The average Bonchev–Trinajstić information content (AvgIpc) is 3.33. The van der Waals surface area contributed by atoms with Crippen molar-refractivity contribution in [1.29, 1.82) is 0 Å². The molecule has 5 rings (SSSR count). The number of nitrogens with zero attached hydrogens (tertiary/aromatic N) is 5. The van der Waals surface area contributed by atoms with E-state index < -0.39 is 0 Å². The van der Waals surface area contributed by atoms with Gasteiger partial charge in [-0.2, -0.15) is 5.10 Å². The number of rotatable bonds is 3. The quantitative estimate of drug-likeness (QED) is 0.724. The Hall–Kier alpha value is -1.95. The highest BCUT2D eigenvalue weighted by Crippen LogP contribution is 2.40. The van der Waals surface area contributed by atoms with E-state index in [1.165, 1.54) is 59.3 Å². The van der Waals surface area contributed by atoms with Gasteiger partial charge in [0.2, 0.25) is 0 Å². The summed E-state index contributed by atoms with van der Waals surface area (Å²) in [7, 11) is 1.99. The van der Waals surface area contributed by atoms with Crippen molar-refractivity contribution in [2.24, 2.45) is 13.0 Å². The third kappa shape index (κ3) is 2.72. The molecule has 0 spiro atoms. The maximum atomic E-state index is 4.72. The van der Waals surface area contributed by atoms with E-state index in [9.17, 15) is 0 Å². The van der Waals surface area contributed by atoms with Crippen LogP contribution in [0.15, 0.2) is 18.7 Å². The molecule has 0 saturated carbocycles. The van der Waals surface area contributed by atoms with Gasteiger partial charge in [-0.15, -0.1) is 11.3 Å². The Morgan fingerprint density at radius 2 is 2.16 bits per heavy atom. The first-order valence-corrected chi connectivity index (χ1v) is 10.1. The predicted octanol–water partition coefficient (Wildman–Crippen LogP) is 3.37. The Balaban J connectivity index is 1.43. The van der Waals surface area contributed by atoms with Gasteiger partial charge in [0.25, 0.3) is 0 Å². The Bertz CT molecular complexity index is 912. The fourth-order valence-electron chi connectivity index (χ4n) is 4.42. The van der Waals surface area contributed by atoms with Crippen LogP contribution in [-0.4, -0.2) is 32.8 Å². The lowest BCUT2D eigenvalue weighted by molar-refractivity contribution is 0.586. The molecule has 3 aromatic heterocycles. The van der Waals surface area contributed by atoms with Crippen molar-refractivity contribution >= 4 is 27.4 Å². The fraction of sp³-hybridized carbons (Fsp3) is 0.526. The van der Waals surface area contributed by atoms with Gasteiger partial charge in [-0.3, -0.25) is 4.68 Å². The first kappa shape index (κ1) is 15.3. The lowest BCUT2D eigenvalue weighted by Gasteiger charge is -2.20. The van der Waals surface area contributed by atoms with Crippen molar-refractivity contribution in [2.45, 2.75) is 38.5 Å². The minimum absolute atomic E-state index is 0.684. The van der Waals surface area contributed by atoms with Crippen molar-refractivity contribution in [2.75, 3.05) is 18.0 Å². The monoisotopic (exact) mass is 353 g/mol. The van der Waals surface area contributed by atoms with Crippen LogP contribution in [0.5, 0.6) is 0 Å². The van der Waals surface area contributed by atoms with Gasteiger partial charge in [-0.1, -0.05) is 0 Å². The Morgan fingerprint density at radius 3 is 3.04 bits per heavy atom. The summed E-state index contributed by atoms with van der Waals surface area (Å²) >= 11 is 1.89. The number of anilines is 1. The molecule has 1 aliphatic heterocycles. The molecule has 6 heteroatoms. The molecule has 0 bridgehead atoms. The van der Waals surface area contributed by atoms with Crippen LogP contribution < -0.4 is 4.90 Å². The molecule has 1 aliphatic carbocycles. The highest BCUT2D eigenvalue weighted by atomic mass is 32.1. The highest BCUT2D eigenvalue weighted by Gasteiger charge is 2.28. The molecular formula is C19H23N5S. The summed E-state index contributed by atoms with van der Waals surface area (Å²) in [4.78, 5) is 14.5. The molecule has 130 valence electrons. The normalized spacial score (nSPS) is 20.4. The van der Waals surface area contributed by atoms with Crippen molar-refractivity contribution in [3.05, 3.63) is 34.7 Å². The van der Waals surface area contributed by atoms with Crippen molar-refractivity contribution < 1.29 is 0 Å². The van der Waals surface area contributed by atoms with Crippen LogP contribution in [0.1, 0.15) is 35.3 Å². The Kier molecular flexibility index (Phi) is 3.73. The van der Waals surface area contributed by atoms with E-state index in [4.69, 9.17) is 4.98 Å². The molecule has 1 atom stereocenters. The topological polar surface area (TPSA) is 46.8 Å². The number of hydrogen-bond acceptors (Lipinski definition) is 5. The first-order chi connectivity index (χ1) is 12.3. The van der Waals surface area contributed by atoms with Crippen molar-refractivity contribution in [3.63, 3.8) is 0 Å². The maximum Gasteiger partial charge on any atom is 0.141 e. The van der Waals surface area contributed by atoms with E-state index >= 15 is 0 Å². The second kappa shape index (κ2) is 6.09. The zero-order valence-corrected chi connectivity index (χ0v) is 15.4. The molecule has 0 amide bonds. The summed E-state index contributed by atoms with van der Waals surface area (Å²) in [6.45, 7) is 2.19. The average molecular weight is 353 g/mol. The molecule has 2 aliphatic rings. The van der Waals surface area contributed by atoms with Crippen LogP contribution in [0.25, 0.3) is 10.2 Å². The van der Waals surface area contributed by atoms with Gasteiger partial charge in [-0.05, 0) is 55.6 Å². The molecule has 0 N–H and O–H groups in total. The zero-order chi connectivity index (χ0) is 16.8. The highest BCUT2D eigenvalue weighted by molar-refractivity contribution is 7.19. The number of aromatic nitrogens is 4. The van der Waals surface area contributed by atoms with Crippen molar-refractivity contribution in [1.82, 2.24) is 19.7 Å². The molecule has 25 heavy (non-hydrogen) atoms. The van der Waals surface area contributed by atoms with Crippen LogP contribution in [-0.2, 0) is 26.3 Å². The molecule has 1 saturated heterocycles. The number of hydrogen-bond donors (Lipinski definition) is 0. The maximum absolute atomic E-state index is 4.72. The van der Waals surface area contributed by atoms with E-state index in [1.54, 1.807) is 11.2 Å². The number of thiophene rings is 1. The number of aryl methyl sites for hydroxylation is 3. The van der Waals surface area contributed by atoms with Gasteiger partial charge in [0.15, 0.2) is 0 Å². The largest absolute Gasteiger partial charge is 0.356 e. The summed E-state index contributed by atoms with van der Waals surface area (Å²) in [5.74, 6) is 1.86. The summed E-state index contributed by atoms with van der Waals surface area (Å²) in [6.07, 6.45) is 13.3. The molecular weight excluding hydrogens is 330 g/mol. The third-order valence-electron chi connectivity index (χ3n) is 5.60. The van der Waals surface area contributed by atoms with Gasteiger partial charge >= 0.3 is 0 Å². The summed E-state index contributed by atoms with van der Waals surface area (Å²) in [6, 6.07) is 0.